The van der Waals surface area contributed by atoms with Crippen molar-refractivity contribution in [2.75, 3.05) is 6.54 Å². The van der Waals surface area contributed by atoms with Crippen molar-refractivity contribution in [2.45, 2.75) is 58.0 Å². The van der Waals surface area contributed by atoms with E-state index in [1.54, 1.807) is 12.1 Å². The van der Waals surface area contributed by atoms with Crippen molar-refractivity contribution in [1.82, 2.24) is 0 Å². The molecule has 0 bridgehead atoms. The molecule has 3 N–H and O–H groups in total. The molecule has 3 heteroatoms. The zero-order chi connectivity index (χ0) is 15.5. The lowest BCUT2D eigenvalue weighted by Crippen LogP contribution is -2.54. The van der Waals surface area contributed by atoms with Crippen LogP contribution in [0, 0.1) is 17.2 Å². The highest BCUT2D eigenvalue weighted by molar-refractivity contribution is 5.20. The van der Waals surface area contributed by atoms with Gasteiger partial charge in [-0.05, 0) is 50.2 Å². The Morgan fingerprint density at radius 2 is 1.95 bits per heavy atom. The lowest BCUT2D eigenvalue weighted by Gasteiger charge is -2.49. The first-order valence-electron chi connectivity index (χ1n) is 8.10. The number of aliphatic hydroxyl groups is 1. The van der Waals surface area contributed by atoms with Crippen LogP contribution < -0.4 is 5.73 Å². The number of rotatable bonds is 5. The summed E-state index contributed by atoms with van der Waals surface area (Å²) in [5.41, 5.74) is 5.37. The summed E-state index contributed by atoms with van der Waals surface area (Å²) in [6, 6.07) is 6.70. The summed E-state index contributed by atoms with van der Waals surface area (Å²) >= 11 is 0. The summed E-state index contributed by atoms with van der Waals surface area (Å²) in [5.74, 6) is 0.501. The number of nitrogens with two attached hydrogens (primary N) is 1. The van der Waals surface area contributed by atoms with Crippen molar-refractivity contribution >= 4 is 0 Å². The Bertz CT molecular complexity index is 464. The molecule has 1 aromatic rings. The molecule has 1 unspecified atom stereocenters. The first-order chi connectivity index (χ1) is 9.94. The van der Waals surface area contributed by atoms with Gasteiger partial charge in [0.15, 0.2) is 0 Å². The molecular formula is C18H28FNO. The molecule has 0 aliphatic heterocycles. The average Bonchev–Trinajstić information content (AvgIpc) is 2.49. The van der Waals surface area contributed by atoms with Gasteiger partial charge in [-0.3, -0.25) is 0 Å². The van der Waals surface area contributed by atoms with E-state index in [9.17, 15) is 9.50 Å². The van der Waals surface area contributed by atoms with E-state index in [1.165, 1.54) is 12.5 Å². The third-order valence-electron chi connectivity index (χ3n) is 5.67. The Morgan fingerprint density at radius 1 is 1.33 bits per heavy atom. The Hall–Kier alpha value is -0.930. The van der Waals surface area contributed by atoms with Gasteiger partial charge >= 0.3 is 0 Å². The Kier molecular flexibility index (Phi) is 5.05. The minimum Gasteiger partial charge on any atom is -0.389 e. The van der Waals surface area contributed by atoms with E-state index in [0.717, 1.165) is 31.6 Å². The largest absolute Gasteiger partial charge is 0.389 e. The highest BCUT2D eigenvalue weighted by Crippen LogP contribution is 2.47. The van der Waals surface area contributed by atoms with Crippen LogP contribution >= 0.6 is 0 Å². The monoisotopic (exact) mass is 293 g/mol. The van der Waals surface area contributed by atoms with E-state index in [4.69, 9.17) is 5.73 Å². The summed E-state index contributed by atoms with van der Waals surface area (Å²) in [6.45, 7) is 4.51. The van der Waals surface area contributed by atoms with Gasteiger partial charge in [0.25, 0.3) is 0 Å². The molecule has 1 aliphatic rings. The first kappa shape index (κ1) is 16.4. The van der Waals surface area contributed by atoms with E-state index in [-0.39, 0.29) is 11.2 Å². The zero-order valence-corrected chi connectivity index (χ0v) is 13.2. The summed E-state index contributed by atoms with van der Waals surface area (Å²) in [7, 11) is 0. The Labute approximate surface area is 127 Å². The van der Waals surface area contributed by atoms with Crippen LogP contribution in [-0.2, 0) is 6.42 Å². The molecule has 2 nitrogen and oxygen atoms in total. The van der Waals surface area contributed by atoms with E-state index >= 15 is 0 Å². The van der Waals surface area contributed by atoms with Gasteiger partial charge in [0.1, 0.15) is 5.82 Å². The van der Waals surface area contributed by atoms with Gasteiger partial charge in [-0.25, -0.2) is 4.39 Å². The molecule has 0 saturated heterocycles. The maximum absolute atomic E-state index is 13.9. The molecule has 0 radical (unpaired) electrons. The van der Waals surface area contributed by atoms with Crippen molar-refractivity contribution < 1.29 is 9.50 Å². The SMILES string of the molecule is CCC1CCC(CN)(C(C)(O)Cc2ccccc2F)CC1. The quantitative estimate of drug-likeness (QED) is 0.870. The van der Waals surface area contributed by atoms with Gasteiger partial charge < -0.3 is 10.8 Å². The summed E-state index contributed by atoms with van der Waals surface area (Å²) in [5, 5.41) is 11.1. The lowest BCUT2D eigenvalue weighted by atomic mass is 9.60. The lowest BCUT2D eigenvalue weighted by molar-refractivity contribution is -0.0916. The van der Waals surface area contributed by atoms with Gasteiger partial charge in [-0.1, -0.05) is 31.5 Å². The molecule has 2 rings (SSSR count). The van der Waals surface area contributed by atoms with Crippen LogP contribution in [-0.4, -0.2) is 17.3 Å². The summed E-state index contributed by atoms with van der Waals surface area (Å²) in [4.78, 5) is 0. The highest BCUT2D eigenvalue weighted by atomic mass is 19.1. The van der Waals surface area contributed by atoms with Crippen LogP contribution in [0.2, 0.25) is 0 Å². The van der Waals surface area contributed by atoms with E-state index in [2.05, 4.69) is 6.92 Å². The Balaban J connectivity index is 2.18. The number of hydrogen-bond acceptors (Lipinski definition) is 2. The average molecular weight is 293 g/mol. The molecule has 1 saturated carbocycles. The fourth-order valence-electron chi connectivity index (χ4n) is 3.80. The van der Waals surface area contributed by atoms with Gasteiger partial charge in [-0.15, -0.1) is 0 Å². The van der Waals surface area contributed by atoms with Gasteiger partial charge in [0.05, 0.1) is 5.60 Å². The van der Waals surface area contributed by atoms with E-state index in [0.29, 0.717) is 18.5 Å². The van der Waals surface area contributed by atoms with E-state index < -0.39 is 5.60 Å². The maximum Gasteiger partial charge on any atom is 0.126 e. The molecular weight excluding hydrogens is 265 g/mol. The van der Waals surface area contributed by atoms with Gasteiger partial charge in [0, 0.05) is 18.4 Å². The molecule has 0 spiro atoms. The predicted octanol–water partition coefficient (Wildman–Crippen LogP) is 3.66. The van der Waals surface area contributed by atoms with Crippen molar-refractivity contribution in [1.29, 1.82) is 0 Å². The normalized spacial score (nSPS) is 29.1. The van der Waals surface area contributed by atoms with Crippen LogP contribution in [0.1, 0.15) is 51.5 Å². The minimum absolute atomic E-state index is 0.243. The maximum atomic E-state index is 13.9. The predicted molar refractivity (Wildman–Crippen MR) is 84.5 cm³/mol. The summed E-state index contributed by atoms with van der Waals surface area (Å²) in [6.07, 6.45) is 5.61. The smallest absolute Gasteiger partial charge is 0.126 e. The van der Waals surface area contributed by atoms with Crippen LogP contribution in [0.5, 0.6) is 0 Å². The molecule has 0 heterocycles. The third-order valence-corrected chi connectivity index (χ3v) is 5.67. The number of benzene rings is 1. The topological polar surface area (TPSA) is 46.2 Å². The second-order valence-electron chi connectivity index (χ2n) is 6.88. The number of hydrogen-bond donors (Lipinski definition) is 2. The van der Waals surface area contributed by atoms with E-state index in [1.807, 2.05) is 13.0 Å². The van der Waals surface area contributed by atoms with Crippen molar-refractivity contribution in [3.8, 4) is 0 Å². The fraction of sp³-hybridized carbons (Fsp3) is 0.667. The molecule has 1 aromatic carbocycles. The zero-order valence-electron chi connectivity index (χ0n) is 13.2. The fourth-order valence-corrected chi connectivity index (χ4v) is 3.80. The molecule has 21 heavy (non-hydrogen) atoms. The van der Waals surface area contributed by atoms with Crippen LogP contribution in [0.4, 0.5) is 4.39 Å². The second-order valence-corrected chi connectivity index (χ2v) is 6.88. The number of halogens is 1. The second kappa shape index (κ2) is 6.45. The molecule has 118 valence electrons. The van der Waals surface area contributed by atoms with Crippen molar-refractivity contribution in [3.63, 3.8) is 0 Å². The summed E-state index contributed by atoms with van der Waals surface area (Å²) < 4.78 is 13.9. The van der Waals surface area contributed by atoms with Crippen molar-refractivity contribution in [2.24, 2.45) is 17.1 Å². The molecule has 1 fully saturated rings. The van der Waals surface area contributed by atoms with Gasteiger partial charge in [0.2, 0.25) is 0 Å². The third kappa shape index (κ3) is 3.29. The minimum atomic E-state index is -0.970. The standard InChI is InChI=1S/C18H28FNO/c1-3-14-8-10-18(13-20,11-9-14)17(2,21)12-15-6-4-5-7-16(15)19/h4-7,14,21H,3,8-13,20H2,1-2H3. The highest BCUT2D eigenvalue weighted by Gasteiger charge is 2.47. The van der Waals surface area contributed by atoms with Crippen LogP contribution in [0.25, 0.3) is 0 Å². The molecule has 0 aromatic heterocycles. The van der Waals surface area contributed by atoms with Gasteiger partial charge in [-0.2, -0.15) is 0 Å². The van der Waals surface area contributed by atoms with Crippen molar-refractivity contribution in [3.05, 3.63) is 35.6 Å². The Morgan fingerprint density at radius 3 is 2.48 bits per heavy atom. The molecule has 1 atom stereocenters. The van der Waals surface area contributed by atoms with Crippen LogP contribution in [0.15, 0.2) is 24.3 Å². The first-order valence-corrected chi connectivity index (χ1v) is 8.10. The molecule has 0 amide bonds. The van der Waals surface area contributed by atoms with Crippen LogP contribution in [0.3, 0.4) is 0 Å². The molecule has 1 aliphatic carbocycles.